The van der Waals surface area contributed by atoms with E-state index in [9.17, 15) is 4.79 Å². The van der Waals surface area contributed by atoms with Crippen LogP contribution in [0.25, 0.3) is 10.9 Å². The van der Waals surface area contributed by atoms with E-state index in [2.05, 4.69) is 22.2 Å². The van der Waals surface area contributed by atoms with Crippen LogP contribution in [-0.2, 0) is 0 Å². The first kappa shape index (κ1) is 13.8. The predicted molar refractivity (Wildman–Crippen MR) is 84.1 cm³/mol. The van der Waals surface area contributed by atoms with E-state index in [4.69, 9.17) is 5.73 Å². The standard InChI is InChI=1S/C16H20N4O/c1-20-8-4-5-11(10-20)18-16(21)15-9-13(17)12-6-2-3-7-14(12)19-15/h2-3,6-7,9,11H,4-5,8,10H2,1H3,(H2,17,19)(H,18,21). The number of amides is 1. The van der Waals surface area contributed by atoms with Crippen LogP contribution in [0, 0.1) is 0 Å². The fraction of sp³-hybridized carbons (Fsp3) is 0.375. The number of carbonyl (C=O) groups excluding carboxylic acids is 1. The van der Waals surface area contributed by atoms with Crippen molar-refractivity contribution in [3.8, 4) is 0 Å². The molecule has 5 nitrogen and oxygen atoms in total. The molecule has 1 unspecified atom stereocenters. The number of hydrogen-bond donors (Lipinski definition) is 2. The molecule has 0 radical (unpaired) electrons. The lowest BCUT2D eigenvalue weighted by molar-refractivity contribution is 0.0908. The van der Waals surface area contributed by atoms with Crippen molar-refractivity contribution >= 4 is 22.5 Å². The zero-order valence-electron chi connectivity index (χ0n) is 12.2. The SMILES string of the molecule is CN1CCCC(NC(=O)c2cc(N)c3ccccc3n2)C1. The van der Waals surface area contributed by atoms with Crippen LogP contribution in [0.3, 0.4) is 0 Å². The summed E-state index contributed by atoms with van der Waals surface area (Å²) in [4.78, 5) is 19.0. The van der Waals surface area contributed by atoms with E-state index in [1.807, 2.05) is 24.3 Å². The summed E-state index contributed by atoms with van der Waals surface area (Å²) in [6.45, 7) is 1.97. The molecule has 1 amide bonds. The first-order valence-electron chi connectivity index (χ1n) is 7.28. The van der Waals surface area contributed by atoms with Crippen LogP contribution in [0.2, 0.25) is 0 Å². The third kappa shape index (κ3) is 2.97. The quantitative estimate of drug-likeness (QED) is 0.879. The van der Waals surface area contributed by atoms with Crippen LogP contribution in [0.4, 0.5) is 5.69 Å². The van der Waals surface area contributed by atoms with Gasteiger partial charge < -0.3 is 16.0 Å². The second-order valence-electron chi connectivity index (χ2n) is 5.69. The highest BCUT2D eigenvalue weighted by Crippen LogP contribution is 2.20. The van der Waals surface area contributed by atoms with Gasteiger partial charge in [-0.1, -0.05) is 18.2 Å². The lowest BCUT2D eigenvalue weighted by atomic mass is 10.1. The number of nitrogens with zero attached hydrogens (tertiary/aromatic N) is 2. The Labute approximate surface area is 124 Å². The summed E-state index contributed by atoms with van der Waals surface area (Å²) in [5.74, 6) is -0.146. The Morgan fingerprint density at radius 2 is 2.24 bits per heavy atom. The number of nitrogens with two attached hydrogens (primary N) is 1. The number of para-hydroxylation sites is 1. The van der Waals surface area contributed by atoms with Crippen molar-refractivity contribution in [2.75, 3.05) is 25.9 Å². The normalized spacial score (nSPS) is 19.6. The van der Waals surface area contributed by atoms with Crippen molar-refractivity contribution in [1.29, 1.82) is 0 Å². The third-order valence-electron chi connectivity index (χ3n) is 3.94. The van der Waals surface area contributed by atoms with Gasteiger partial charge in [-0.05, 0) is 38.6 Å². The number of aromatic nitrogens is 1. The Hall–Kier alpha value is -2.14. The number of anilines is 1. The Bertz CT molecular complexity index is 670. The second-order valence-corrected chi connectivity index (χ2v) is 5.69. The Kier molecular flexibility index (Phi) is 3.75. The summed E-state index contributed by atoms with van der Waals surface area (Å²) < 4.78 is 0. The smallest absolute Gasteiger partial charge is 0.270 e. The molecule has 110 valence electrons. The summed E-state index contributed by atoms with van der Waals surface area (Å²) in [5, 5.41) is 3.94. The van der Waals surface area contributed by atoms with Gasteiger partial charge in [-0.2, -0.15) is 0 Å². The summed E-state index contributed by atoms with van der Waals surface area (Å²) >= 11 is 0. The number of likely N-dealkylation sites (tertiary alicyclic amines) is 1. The molecule has 1 fully saturated rings. The molecule has 0 saturated carbocycles. The molecule has 3 rings (SSSR count). The summed E-state index contributed by atoms with van der Waals surface area (Å²) in [5.41, 5.74) is 7.75. The molecule has 2 heterocycles. The maximum absolute atomic E-state index is 12.4. The molecule has 0 spiro atoms. The highest BCUT2D eigenvalue weighted by atomic mass is 16.1. The molecule has 0 bridgehead atoms. The van der Waals surface area contributed by atoms with Gasteiger partial charge in [0.05, 0.1) is 5.52 Å². The number of piperidine rings is 1. The molecule has 0 aliphatic carbocycles. The van der Waals surface area contributed by atoms with E-state index in [0.29, 0.717) is 11.4 Å². The van der Waals surface area contributed by atoms with E-state index in [1.54, 1.807) is 6.07 Å². The first-order chi connectivity index (χ1) is 10.1. The molecule has 1 aromatic carbocycles. The van der Waals surface area contributed by atoms with Crippen molar-refractivity contribution in [2.24, 2.45) is 0 Å². The van der Waals surface area contributed by atoms with Crippen LogP contribution in [0.5, 0.6) is 0 Å². The van der Waals surface area contributed by atoms with E-state index >= 15 is 0 Å². The molecule has 2 aromatic rings. The summed E-state index contributed by atoms with van der Waals surface area (Å²) in [6, 6.07) is 9.44. The highest BCUT2D eigenvalue weighted by Gasteiger charge is 2.20. The topological polar surface area (TPSA) is 71.2 Å². The number of nitrogens with one attached hydrogen (secondary N) is 1. The third-order valence-corrected chi connectivity index (χ3v) is 3.94. The van der Waals surface area contributed by atoms with Crippen molar-refractivity contribution in [2.45, 2.75) is 18.9 Å². The van der Waals surface area contributed by atoms with Crippen LogP contribution in [-0.4, -0.2) is 42.0 Å². The molecule has 5 heteroatoms. The maximum Gasteiger partial charge on any atom is 0.270 e. The fourth-order valence-corrected chi connectivity index (χ4v) is 2.86. The first-order valence-corrected chi connectivity index (χ1v) is 7.28. The number of benzene rings is 1. The lowest BCUT2D eigenvalue weighted by Gasteiger charge is -2.30. The number of likely N-dealkylation sites (N-methyl/N-ethyl adjacent to an activating group) is 1. The number of fused-ring (bicyclic) bond motifs is 1. The van der Waals surface area contributed by atoms with Crippen molar-refractivity contribution in [1.82, 2.24) is 15.2 Å². The van der Waals surface area contributed by atoms with E-state index in [1.165, 1.54) is 0 Å². The van der Waals surface area contributed by atoms with Gasteiger partial charge in [0.2, 0.25) is 0 Å². The predicted octanol–water partition coefficient (Wildman–Crippen LogP) is 1.64. The molecular weight excluding hydrogens is 264 g/mol. The highest BCUT2D eigenvalue weighted by molar-refractivity contribution is 5.99. The largest absolute Gasteiger partial charge is 0.398 e. The molecular formula is C16H20N4O. The number of hydrogen-bond acceptors (Lipinski definition) is 4. The molecule has 1 saturated heterocycles. The minimum absolute atomic E-state index is 0.146. The van der Waals surface area contributed by atoms with Crippen LogP contribution in [0.1, 0.15) is 23.3 Å². The molecule has 1 aromatic heterocycles. The summed E-state index contributed by atoms with van der Waals surface area (Å²) in [7, 11) is 2.07. The number of rotatable bonds is 2. The number of carbonyl (C=O) groups is 1. The number of pyridine rings is 1. The van der Waals surface area contributed by atoms with Crippen LogP contribution in [0.15, 0.2) is 30.3 Å². The zero-order chi connectivity index (χ0) is 14.8. The van der Waals surface area contributed by atoms with E-state index in [0.717, 1.165) is 36.8 Å². The Morgan fingerprint density at radius 1 is 1.43 bits per heavy atom. The van der Waals surface area contributed by atoms with Gasteiger partial charge in [-0.3, -0.25) is 4.79 Å². The average molecular weight is 284 g/mol. The van der Waals surface area contributed by atoms with Crippen LogP contribution >= 0.6 is 0 Å². The van der Waals surface area contributed by atoms with E-state index < -0.39 is 0 Å². The molecule has 1 atom stereocenters. The summed E-state index contributed by atoms with van der Waals surface area (Å²) in [6.07, 6.45) is 2.12. The van der Waals surface area contributed by atoms with Gasteiger partial charge in [-0.15, -0.1) is 0 Å². The lowest BCUT2D eigenvalue weighted by Crippen LogP contribution is -2.46. The Balaban J connectivity index is 1.81. The van der Waals surface area contributed by atoms with Crippen molar-refractivity contribution < 1.29 is 4.79 Å². The van der Waals surface area contributed by atoms with Gasteiger partial charge in [0.25, 0.3) is 5.91 Å². The fourth-order valence-electron chi connectivity index (χ4n) is 2.86. The van der Waals surface area contributed by atoms with Crippen molar-refractivity contribution in [3.63, 3.8) is 0 Å². The van der Waals surface area contributed by atoms with E-state index in [-0.39, 0.29) is 11.9 Å². The van der Waals surface area contributed by atoms with Gasteiger partial charge in [0.15, 0.2) is 0 Å². The average Bonchev–Trinajstić information content (AvgIpc) is 2.47. The minimum Gasteiger partial charge on any atom is -0.398 e. The number of nitrogen functional groups attached to an aromatic ring is 1. The maximum atomic E-state index is 12.4. The van der Waals surface area contributed by atoms with Crippen LogP contribution < -0.4 is 11.1 Å². The van der Waals surface area contributed by atoms with Gasteiger partial charge in [0.1, 0.15) is 5.69 Å². The monoisotopic (exact) mass is 284 g/mol. The van der Waals surface area contributed by atoms with Gasteiger partial charge in [-0.25, -0.2) is 4.98 Å². The van der Waals surface area contributed by atoms with Crippen molar-refractivity contribution in [3.05, 3.63) is 36.0 Å². The molecule has 1 aliphatic heterocycles. The minimum atomic E-state index is -0.146. The zero-order valence-corrected chi connectivity index (χ0v) is 12.2. The van der Waals surface area contributed by atoms with Gasteiger partial charge in [0, 0.05) is 23.7 Å². The molecule has 1 aliphatic rings. The molecule has 3 N–H and O–H groups in total. The molecule has 21 heavy (non-hydrogen) atoms. The second kappa shape index (κ2) is 5.69. The Morgan fingerprint density at radius 3 is 3.05 bits per heavy atom. The van der Waals surface area contributed by atoms with Gasteiger partial charge >= 0.3 is 0 Å².